The van der Waals surface area contributed by atoms with E-state index in [1.807, 2.05) is 5.32 Å². The molecule has 1 aromatic rings. The predicted octanol–water partition coefficient (Wildman–Crippen LogP) is 0.282. The van der Waals surface area contributed by atoms with Crippen molar-refractivity contribution >= 4 is 17.9 Å². The van der Waals surface area contributed by atoms with E-state index < -0.39 is 12.1 Å². The van der Waals surface area contributed by atoms with Crippen molar-refractivity contribution < 1.29 is 9.59 Å². The summed E-state index contributed by atoms with van der Waals surface area (Å²) in [4.78, 5) is 24.9. The van der Waals surface area contributed by atoms with Crippen molar-refractivity contribution in [3.05, 3.63) is 24.4 Å². The summed E-state index contributed by atoms with van der Waals surface area (Å²) < 4.78 is 0. The molecule has 0 aromatic carbocycles. The molecule has 6 nitrogen and oxygen atoms in total. The minimum Gasteiger partial charge on any atom is -0.351 e. The van der Waals surface area contributed by atoms with Gasteiger partial charge in [0.05, 0.1) is 0 Å². The van der Waals surface area contributed by atoms with Crippen molar-refractivity contribution in [1.29, 1.82) is 0 Å². The van der Waals surface area contributed by atoms with Gasteiger partial charge >= 0.3 is 12.1 Å². The molecule has 4 N–H and O–H groups in total. The van der Waals surface area contributed by atoms with Crippen LogP contribution in [-0.4, -0.2) is 17.0 Å². The standard InChI is InChI=1S/C7H8N4O2/c8-6(12)11-7(13)10-5-3-1-2-4-9-5/h1-4H,(H4,8,9,10,11,12,13). The fraction of sp³-hybridized carbons (Fsp3) is 0. The van der Waals surface area contributed by atoms with Crippen LogP contribution in [0, 0.1) is 0 Å². The third-order valence-electron chi connectivity index (χ3n) is 1.14. The Balaban J connectivity index is 2.50. The van der Waals surface area contributed by atoms with E-state index in [2.05, 4.69) is 10.3 Å². The van der Waals surface area contributed by atoms with E-state index in [9.17, 15) is 9.59 Å². The Kier molecular flexibility index (Phi) is 2.80. The van der Waals surface area contributed by atoms with Crippen molar-refractivity contribution in [2.45, 2.75) is 0 Å². The second kappa shape index (κ2) is 4.05. The first-order valence-electron chi connectivity index (χ1n) is 3.47. The maximum Gasteiger partial charge on any atom is 0.328 e. The molecule has 4 amide bonds. The molecule has 0 atom stereocenters. The summed E-state index contributed by atoms with van der Waals surface area (Å²) in [7, 11) is 0. The summed E-state index contributed by atoms with van der Waals surface area (Å²) in [5, 5.41) is 4.15. The molecule has 0 unspecified atom stereocenters. The molecule has 6 heteroatoms. The van der Waals surface area contributed by atoms with Crippen LogP contribution in [-0.2, 0) is 0 Å². The average Bonchev–Trinajstić information content (AvgIpc) is 2.04. The zero-order chi connectivity index (χ0) is 9.68. The largest absolute Gasteiger partial charge is 0.351 e. The van der Waals surface area contributed by atoms with Gasteiger partial charge in [-0.05, 0) is 12.1 Å². The van der Waals surface area contributed by atoms with E-state index in [1.165, 1.54) is 6.20 Å². The molecule has 0 spiro atoms. The zero-order valence-corrected chi connectivity index (χ0v) is 6.65. The van der Waals surface area contributed by atoms with Crippen LogP contribution in [0.25, 0.3) is 0 Å². The first-order chi connectivity index (χ1) is 6.18. The Labute approximate surface area is 74.1 Å². The van der Waals surface area contributed by atoms with E-state index in [0.717, 1.165) is 0 Å². The number of urea groups is 2. The van der Waals surface area contributed by atoms with Gasteiger partial charge in [-0.25, -0.2) is 14.6 Å². The second-order valence-corrected chi connectivity index (χ2v) is 2.16. The predicted molar refractivity (Wildman–Crippen MR) is 46.0 cm³/mol. The number of rotatable bonds is 1. The maximum absolute atomic E-state index is 10.9. The highest BCUT2D eigenvalue weighted by atomic mass is 16.2. The molecule has 0 saturated heterocycles. The molecule has 0 fully saturated rings. The van der Waals surface area contributed by atoms with Gasteiger partial charge in [0.15, 0.2) is 0 Å². The molecule has 68 valence electrons. The molecule has 0 aliphatic rings. The lowest BCUT2D eigenvalue weighted by Crippen LogP contribution is -2.38. The van der Waals surface area contributed by atoms with Crippen molar-refractivity contribution in [3.63, 3.8) is 0 Å². The van der Waals surface area contributed by atoms with Gasteiger partial charge in [-0.3, -0.25) is 10.6 Å². The number of carbonyl (C=O) groups is 2. The minimum atomic E-state index is -0.909. The van der Waals surface area contributed by atoms with E-state index in [0.29, 0.717) is 5.82 Å². The molecule has 13 heavy (non-hydrogen) atoms. The van der Waals surface area contributed by atoms with E-state index in [4.69, 9.17) is 5.73 Å². The normalized spacial score (nSPS) is 8.92. The first-order valence-corrected chi connectivity index (χ1v) is 3.47. The molecule has 1 aromatic heterocycles. The Morgan fingerprint density at radius 1 is 1.38 bits per heavy atom. The fourth-order valence-electron chi connectivity index (χ4n) is 0.696. The SMILES string of the molecule is NC(=O)NC(=O)Nc1ccccn1. The highest BCUT2D eigenvalue weighted by molar-refractivity contribution is 5.99. The molecular weight excluding hydrogens is 172 g/mol. The Morgan fingerprint density at radius 2 is 2.15 bits per heavy atom. The summed E-state index contributed by atoms with van der Waals surface area (Å²) in [6.07, 6.45) is 1.51. The highest BCUT2D eigenvalue weighted by Gasteiger charge is 2.03. The summed E-state index contributed by atoms with van der Waals surface area (Å²) in [6.45, 7) is 0. The number of anilines is 1. The molecule has 0 aliphatic heterocycles. The van der Waals surface area contributed by atoms with Crippen molar-refractivity contribution in [2.75, 3.05) is 5.32 Å². The average molecular weight is 180 g/mol. The fourth-order valence-corrected chi connectivity index (χ4v) is 0.696. The van der Waals surface area contributed by atoms with Gasteiger partial charge in [0.1, 0.15) is 5.82 Å². The second-order valence-electron chi connectivity index (χ2n) is 2.16. The number of nitrogens with zero attached hydrogens (tertiary/aromatic N) is 1. The number of nitrogens with one attached hydrogen (secondary N) is 2. The number of hydrogen-bond acceptors (Lipinski definition) is 3. The van der Waals surface area contributed by atoms with Crippen LogP contribution < -0.4 is 16.4 Å². The number of aromatic nitrogens is 1. The van der Waals surface area contributed by atoms with Crippen LogP contribution in [0.5, 0.6) is 0 Å². The molecule has 0 saturated carbocycles. The zero-order valence-electron chi connectivity index (χ0n) is 6.65. The topological polar surface area (TPSA) is 97.1 Å². The van der Waals surface area contributed by atoms with Crippen LogP contribution in [0.1, 0.15) is 0 Å². The smallest absolute Gasteiger partial charge is 0.328 e. The lowest BCUT2D eigenvalue weighted by atomic mass is 10.5. The van der Waals surface area contributed by atoms with Gasteiger partial charge in [0.25, 0.3) is 0 Å². The third kappa shape index (κ3) is 3.19. The van der Waals surface area contributed by atoms with Crippen LogP contribution in [0.3, 0.4) is 0 Å². The number of primary amides is 1. The molecule has 0 radical (unpaired) electrons. The number of amides is 4. The summed E-state index contributed by atoms with van der Waals surface area (Å²) in [5.41, 5.74) is 4.72. The Hall–Kier alpha value is -2.11. The van der Waals surface area contributed by atoms with Gasteiger partial charge < -0.3 is 5.73 Å². The van der Waals surface area contributed by atoms with Crippen LogP contribution >= 0.6 is 0 Å². The molecular formula is C7H8N4O2. The van der Waals surface area contributed by atoms with Crippen molar-refractivity contribution in [1.82, 2.24) is 10.3 Å². The summed E-state index contributed by atoms with van der Waals surface area (Å²) in [6, 6.07) is 3.38. The van der Waals surface area contributed by atoms with Crippen LogP contribution in [0.2, 0.25) is 0 Å². The molecule has 0 aliphatic carbocycles. The van der Waals surface area contributed by atoms with Gasteiger partial charge in [-0.15, -0.1) is 0 Å². The lowest BCUT2D eigenvalue weighted by Gasteiger charge is -2.02. The molecule has 0 bridgehead atoms. The van der Waals surface area contributed by atoms with Gasteiger partial charge in [0.2, 0.25) is 0 Å². The van der Waals surface area contributed by atoms with E-state index in [-0.39, 0.29) is 0 Å². The molecule has 1 heterocycles. The monoisotopic (exact) mass is 180 g/mol. The number of carbonyl (C=O) groups excluding carboxylic acids is 2. The molecule has 1 rings (SSSR count). The number of imide groups is 1. The Bertz CT molecular complexity index is 312. The lowest BCUT2D eigenvalue weighted by molar-refractivity contribution is 0.238. The number of nitrogens with two attached hydrogens (primary N) is 1. The Morgan fingerprint density at radius 3 is 2.69 bits per heavy atom. The summed E-state index contributed by atoms with van der Waals surface area (Å²) in [5.74, 6) is 0.348. The van der Waals surface area contributed by atoms with E-state index >= 15 is 0 Å². The van der Waals surface area contributed by atoms with Crippen LogP contribution in [0.4, 0.5) is 15.4 Å². The van der Waals surface area contributed by atoms with Gasteiger partial charge in [-0.1, -0.05) is 6.07 Å². The van der Waals surface area contributed by atoms with E-state index in [1.54, 1.807) is 18.2 Å². The van der Waals surface area contributed by atoms with Gasteiger partial charge in [-0.2, -0.15) is 0 Å². The van der Waals surface area contributed by atoms with Crippen molar-refractivity contribution in [2.24, 2.45) is 5.73 Å². The summed E-state index contributed by atoms with van der Waals surface area (Å²) >= 11 is 0. The number of hydrogen-bond donors (Lipinski definition) is 3. The quantitative estimate of drug-likeness (QED) is 0.579. The third-order valence-corrected chi connectivity index (χ3v) is 1.14. The van der Waals surface area contributed by atoms with Crippen LogP contribution in [0.15, 0.2) is 24.4 Å². The maximum atomic E-state index is 10.9. The first kappa shape index (κ1) is 8.98. The van der Waals surface area contributed by atoms with Gasteiger partial charge in [0, 0.05) is 6.20 Å². The number of pyridine rings is 1. The minimum absolute atomic E-state index is 0.348. The van der Waals surface area contributed by atoms with Crippen molar-refractivity contribution in [3.8, 4) is 0 Å². The highest BCUT2D eigenvalue weighted by Crippen LogP contribution is 1.98.